The quantitative estimate of drug-likeness (QED) is 0.441. The molecule has 0 aliphatic carbocycles. The van der Waals surface area contributed by atoms with Crippen LogP contribution >= 0.6 is 0 Å². The first kappa shape index (κ1) is 19.6. The van der Waals surface area contributed by atoms with Gasteiger partial charge in [-0.15, -0.1) is 0 Å². The lowest BCUT2D eigenvalue weighted by atomic mass is 10.1. The predicted molar refractivity (Wildman–Crippen MR) is 87.7 cm³/mol. The molecule has 2 aromatic carbocycles. The number of sulfone groups is 1. The lowest BCUT2D eigenvalue weighted by Crippen LogP contribution is -2.16. The maximum atomic E-state index is 12.3. The van der Waals surface area contributed by atoms with Gasteiger partial charge in [0.2, 0.25) is 0 Å². The molecule has 4 N–H and O–H groups in total. The number of fused-ring (bicyclic) bond motifs is 1. The van der Waals surface area contributed by atoms with Crippen molar-refractivity contribution in [2.45, 2.75) is 9.79 Å². The monoisotopic (exact) mass is 411 g/mol. The van der Waals surface area contributed by atoms with Crippen LogP contribution in [0.3, 0.4) is 0 Å². The smallest absolute Gasteiger partial charge is 0.397 e. The molecule has 0 aromatic heterocycles. The van der Waals surface area contributed by atoms with Crippen molar-refractivity contribution in [1.82, 2.24) is 0 Å². The van der Waals surface area contributed by atoms with E-state index in [1.54, 1.807) is 0 Å². The summed E-state index contributed by atoms with van der Waals surface area (Å²) in [7, 11) is -13.7. The van der Waals surface area contributed by atoms with Gasteiger partial charge < -0.3 is 5.73 Å². The number of benzene rings is 2. The zero-order valence-corrected chi connectivity index (χ0v) is 14.8. The Bertz CT molecular complexity index is 1140. The molecule has 10 nitrogen and oxygen atoms in total. The van der Waals surface area contributed by atoms with Gasteiger partial charge in [0.15, 0.2) is 9.84 Å². The number of rotatable bonds is 6. The third kappa shape index (κ3) is 4.87. The van der Waals surface area contributed by atoms with Gasteiger partial charge in [-0.3, -0.25) is 9.11 Å². The van der Waals surface area contributed by atoms with Gasteiger partial charge in [0.05, 0.1) is 17.3 Å². The zero-order valence-electron chi connectivity index (χ0n) is 12.4. The van der Waals surface area contributed by atoms with Crippen LogP contribution in [0.5, 0.6) is 0 Å². The molecule has 0 saturated carbocycles. The largest absolute Gasteiger partial charge is 0.399 e. The molecule has 0 aliphatic rings. The normalized spacial score (nSPS) is 13.2. The molecule has 0 heterocycles. The summed E-state index contributed by atoms with van der Waals surface area (Å²) >= 11 is 0. The third-order valence-corrected chi connectivity index (χ3v) is 6.15. The molecule has 0 aliphatic heterocycles. The third-order valence-electron chi connectivity index (χ3n) is 3.14. The minimum Gasteiger partial charge on any atom is -0.399 e. The van der Waals surface area contributed by atoms with E-state index in [1.165, 1.54) is 18.2 Å². The van der Waals surface area contributed by atoms with Crippen LogP contribution in [-0.2, 0) is 34.5 Å². The van der Waals surface area contributed by atoms with Crippen LogP contribution in [0.4, 0.5) is 5.69 Å². The average molecular weight is 411 g/mol. The van der Waals surface area contributed by atoms with Crippen LogP contribution in [0.15, 0.2) is 40.1 Å². The molecule has 2 rings (SSSR count). The van der Waals surface area contributed by atoms with E-state index in [-0.39, 0.29) is 16.5 Å². The molecule has 138 valence electrons. The average Bonchev–Trinajstić information content (AvgIpc) is 2.43. The predicted octanol–water partition coefficient (Wildman–Crippen LogP) is 0.262. The topological polar surface area (TPSA) is 178 Å². The fourth-order valence-electron chi connectivity index (χ4n) is 2.07. The Morgan fingerprint density at radius 2 is 1.60 bits per heavy atom. The number of hydrogen-bond acceptors (Lipinski definition) is 8. The first-order chi connectivity index (χ1) is 11.3. The van der Waals surface area contributed by atoms with E-state index < -0.39 is 52.5 Å². The lowest BCUT2D eigenvalue weighted by molar-refractivity contribution is 0.284. The Morgan fingerprint density at radius 1 is 0.960 bits per heavy atom. The summed E-state index contributed by atoms with van der Waals surface area (Å²) in [5.41, 5.74) is 5.78. The van der Waals surface area contributed by atoms with E-state index in [2.05, 4.69) is 4.18 Å². The van der Waals surface area contributed by atoms with Crippen molar-refractivity contribution in [2.24, 2.45) is 0 Å². The summed E-state index contributed by atoms with van der Waals surface area (Å²) in [6, 6.07) is 5.92. The first-order valence-electron chi connectivity index (χ1n) is 6.45. The number of hydrogen-bond donors (Lipinski definition) is 3. The van der Waals surface area contributed by atoms with Crippen LogP contribution in [0.1, 0.15) is 0 Å². The van der Waals surface area contributed by atoms with Gasteiger partial charge in [0.1, 0.15) is 4.90 Å². The second-order valence-corrected chi connectivity index (χ2v) is 9.54. The highest BCUT2D eigenvalue weighted by molar-refractivity contribution is 7.91. The lowest BCUT2D eigenvalue weighted by Gasteiger charge is -2.10. The summed E-state index contributed by atoms with van der Waals surface area (Å²) in [5, 5.41) is 0.203. The summed E-state index contributed by atoms with van der Waals surface area (Å²) in [5.74, 6) is -0.849. The first-order valence-corrected chi connectivity index (χ1v) is 10.9. The minimum absolute atomic E-state index is 0.0237. The maximum absolute atomic E-state index is 12.3. The maximum Gasteiger partial charge on any atom is 0.397 e. The Kier molecular flexibility index (Phi) is 5.09. The Morgan fingerprint density at radius 3 is 2.16 bits per heavy atom. The highest BCUT2D eigenvalue weighted by Crippen LogP contribution is 2.29. The SMILES string of the molecule is Nc1ccc2cc(S(=O)(=O)CCOS(=O)(=O)O)cc(S(=O)(=O)O)c2c1. The second kappa shape index (κ2) is 6.51. The molecule has 0 radical (unpaired) electrons. The summed E-state index contributed by atoms with van der Waals surface area (Å²) < 4.78 is 90.3. The van der Waals surface area contributed by atoms with E-state index in [0.29, 0.717) is 0 Å². The Balaban J connectivity index is 2.57. The van der Waals surface area contributed by atoms with Crippen molar-refractivity contribution in [3.05, 3.63) is 30.3 Å². The van der Waals surface area contributed by atoms with Crippen molar-refractivity contribution in [1.29, 1.82) is 0 Å². The molecule has 0 atom stereocenters. The standard InChI is InChI=1S/C12H13NO9S3/c13-9-2-1-8-5-10(7-12(11(8)6-9)24(16,17)18)23(14,15)4-3-22-25(19,20)21/h1-2,5-7H,3-4,13H2,(H,16,17,18)(H,19,20,21). The van der Waals surface area contributed by atoms with Gasteiger partial charge in [-0.2, -0.15) is 16.8 Å². The number of nitrogens with two attached hydrogens (primary N) is 1. The molecule has 0 spiro atoms. The summed E-state index contributed by atoms with van der Waals surface area (Å²) in [4.78, 5) is -1.14. The Labute approximate surface area is 143 Å². The molecule has 25 heavy (non-hydrogen) atoms. The van der Waals surface area contributed by atoms with E-state index in [9.17, 15) is 29.8 Å². The van der Waals surface area contributed by atoms with E-state index in [4.69, 9.17) is 10.3 Å². The van der Waals surface area contributed by atoms with E-state index in [0.717, 1.165) is 12.1 Å². The summed E-state index contributed by atoms with van der Waals surface area (Å²) in [6.07, 6.45) is 0. The van der Waals surface area contributed by atoms with Crippen LogP contribution in [0.2, 0.25) is 0 Å². The van der Waals surface area contributed by atoms with Crippen molar-refractivity contribution < 1.29 is 38.5 Å². The minimum atomic E-state index is -4.81. The van der Waals surface area contributed by atoms with Crippen molar-refractivity contribution >= 4 is 46.8 Å². The molecule has 0 amide bonds. The molecule has 0 fully saturated rings. The van der Waals surface area contributed by atoms with E-state index in [1.807, 2.05) is 0 Å². The van der Waals surface area contributed by atoms with Gasteiger partial charge in [-0.05, 0) is 29.7 Å². The van der Waals surface area contributed by atoms with Crippen LogP contribution in [0.25, 0.3) is 10.8 Å². The molecular weight excluding hydrogens is 398 g/mol. The van der Waals surface area contributed by atoms with Crippen LogP contribution < -0.4 is 5.73 Å². The van der Waals surface area contributed by atoms with Crippen molar-refractivity contribution in [2.75, 3.05) is 18.1 Å². The van der Waals surface area contributed by atoms with Crippen molar-refractivity contribution in [3.63, 3.8) is 0 Å². The van der Waals surface area contributed by atoms with Gasteiger partial charge in [0.25, 0.3) is 10.1 Å². The molecule has 13 heteroatoms. The fraction of sp³-hybridized carbons (Fsp3) is 0.167. The van der Waals surface area contributed by atoms with Gasteiger partial charge in [0, 0.05) is 11.1 Å². The molecule has 0 unspecified atom stereocenters. The van der Waals surface area contributed by atoms with Crippen LogP contribution in [0, 0.1) is 0 Å². The molecule has 0 saturated heterocycles. The molecule has 2 aromatic rings. The number of nitrogen functional groups attached to an aromatic ring is 1. The molecule has 0 bridgehead atoms. The fourth-order valence-corrected chi connectivity index (χ4v) is 4.42. The zero-order chi connectivity index (χ0) is 19.0. The van der Waals surface area contributed by atoms with Gasteiger partial charge in [-0.1, -0.05) is 6.07 Å². The molecular formula is C12H13NO9S3. The second-order valence-electron chi connectivity index (χ2n) is 4.95. The number of anilines is 1. The van der Waals surface area contributed by atoms with Crippen LogP contribution in [-0.4, -0.2) is 46.7 Å². The Hall–Kier alpha value is -1.77. The van der Waals surface area contributed by atoms with Gasteiger partial charge >= 0.3 is 10.4 Å². The highest BCUT2D eigenvalue weighted by Gasteiger charge is 2.22. The van der Waals surface area contributed by atoms with Gasteiger partial charge in [-0.25, -0.2) is 12.6 Å². The highest BCUT2D eigenvalue weighted by atomic mass is 32.3. The summed E-state index contributed by atoms with van der Waals surface area (Å²) in [6.45, 7) is -0.873. The van der Waals surface area contributed by atoms with E-state index >= 15 is 0 Å². The van der Waals surface area contributed by atoms with Crippen molar-refractivity contribution in [3.8, 4) is 0 Å².